The van der Waals surface area contributed by atoms with Crippen LogP contribution in [0.2, 0.25) is 0 Å². The summed E-state index contributed by atoms with van der Waals surface area (Å²) >= 11 is 0. The van der Waals surface area contributed by atoms with Crippen molar-refractivity contribution in [3.63, 3.8) is 0 Å². The smallest absolute Gasteiger partial charge is 0.295 e. The zero-order valence-corrected chi connectivity index (χ0v) is 20.2. The van der Waals surface area contributed by atoms with Gasteiger partial charge in [0.1, 0.15) is 13.2 Å². The molecule has 1 fully saturated rings. The standard InChI is InChI=1S/C27H32N2O5/c1-17(2)18-6-8-19(9-7-18)24-23(26(31)27(32)29(24)13-5-12-28(3)4)25(30)20-10-11-21-22(16-20)34-15-14-33-21/h6-11,16-17,24,30H,5,12-15H2,1-4H3. The lowest BCUT2D eigenvalue weighted by molar-refractivity contribution is -0.858. The monoisotopic (exact) mass is 464 g/mol. The molecule has 2 heterocycles. The molecular weight excluding hydrogens is 432 g/mol. The number of nitrogens with zero attached hydrogens (tertiary/aromatic N) is 1. The number of carbonyl (C=O) groups is 2. The number of likely N-dealkylation sites (tertiary alicyclic amines) is 1. The fourth-order valence-corrected chi connectivity index (χ4v) is 4.45. The number of Topliss-reactive ketones (excluding diaryl/α,β-unsaturated/α-hetero) is 1. The van der Waals surface area contributed by atoms with Crippen molar-refractivity contribution in [2.75, 3.05) is 40.4 Å². The first-order valence-electron chi connectivity index (χ1n) is 11.8. The van der Waals surface area contributed by atoms with Crippen molar-refractivity contribution in [3.05, 3.63) is 64.7 Å². The summed E-state index contributed by atoms with van der Waals surface area (Å²) in [4.78, 5) is 29.0. The Balaban J connectivity index is 1.78. The Kier molecular flexibility index (Phi) is 6.93. The summed E-state index contributed by atoms with van der Waals surface area (Å²) in [6, 6.07) is 12.0. The quantitative estimate of drug-likeness (QED) is 0.380. The summed E-state index contributed by atoms with van der Waals surface area (Å²) < 4.78 is 11.2. The Hall–Kier alpha value is -3.32. The summed E-state index contributed by atoms with van der Waals surface area (Å²) in [7, 11) is 4.09. The minimum Gasteiger partial charge on any atom is -0.872 e. The number of benzene rings is 2. The normalized spacial score (nSPS) is 19.4. The summed E-state index contributed by atoms with van der Waals surface area (Å²) in [5.74, 6) is -0.409. The van der Waals surface area contributed by atoms with Crippen molar-refractivity contribution in [1.29, 1.82) is 0 Å². The van der Waals surface area contributed by atoms with Gasteiger partial charge in [-0.1, -0.05) is 49.9 Å². The summed E-state index contributed by atoms with van der Waals surface area (Å²) in [5.41, 5.74) is 2.23. The van der Waals surface area contributed by atoms with Gasteiger partial charge in [0, 0.05) is 18.5 Å². The molecule has 0 spiro atoms. The third-order valence-corrected chi connectivity index (χ3v) is 6.33. The SMILES string of the molecule is CC(C)c1ccc(C2C(=C([O-])c3ccc4c(c3)OCCO4)C(=O)C(=O)N2CCC[NH+](C)C)cc1. The largest absolute Gasteiger partial charge is 0.872 e. The molecule has 0 aliphatic carbocycles. The molecular formula is C27H32N2O5. The minimum absolute atomic E-state index is 0.00354. The minimum atomic E-state index is -0.727. The van der Waals surface area contributed by atoms with Crippen LogP contribution in [-0.4, -0.2) is 57.0 Å². The lowest BCUT2D eigenvalue weighted by Crippen LogP contribution is -3.05. The van der Waals surface area contributed by atoms with E-state index in [2.05, 4.69) is 13.8 Å². The Morgan fingerprint density at radius 3 is 2.38 bits per heavy atom. The van der Waals surface area contributed by atoms with E-state index < -0.39 is 23.5 Å². The molecule has 2 aliphatic rings. The van der Waals surface area contributed by atoms with Crippen LogP contribution in [0.3, 0.4) is 0 Å². The first-order chi connectivity index (χ1) is 16.3. The highest BCUT2D eigenvalue weighted by molar-refractivity contribution is 6.46. The van der Waals surface area contributed by atoms with Crippen LogP contribution in [0, 0.1) is 0 Å². The molecule has 0 bridgehead atoms. The molecule has 1 atom stereocenters. The average Bonchev–Trinajstić information content (AvgIpc) is 3.08. The molecule has 1 N–H and O–H groups in total. The van der Waals surface area contributed by atoms with Crippen molar-refractivity contribution in [3.8, 4) is 11.5 Å². The highest BCUT2D eigenvalue weighted by Crippen LogP contribution is 2.40. The lowest BCUT2D eigenvalue weighted by atomic mass is 9.93. The Morgan fingerprint density at radius 2 is 1.74 bits per heavy atom. The lowest BCUT2D eigenvalue weighted by Gasteiger charge is -2.28. The van der Waals surface area contributed by atoms with Gasteiger partial charge in [-0.15, -0.1) is 0 Å². The Bertz CT molecular complexity index is 1100. The van der Waals surface area contributed by atoms with Crippen LogP contribution in [0.4, 0.5) is 0 Å². The molecule has 0 radical (unpaired) electrons. The van der Waals surface area contributed by atoms with E-state index in [1.54, 1.807) is 23.1 Å². The maximum atomic E-state index is 13.6. The van der Waals surface area contributed by atoms with Crippen molar-refractivity contribution in [2.24, 2.45) is 0 Å². The molecule has 7 heteroatoms. The van der Waals surface area contributed by atoms with E-state index in [1.807, 2.05) is 38.4 Å². The van der Waals surface area contributed by atoms with Gasteiger partial charge in [-0.25, -0.2) is 0 Å². The number of rotatable bonds is 7. The second-order valence-electron chi connectivity index (χ2n) is 9.46. The number of fused-ring (bicyclic) bond motifs is 1. The number of quaternary nitrogens is 1. The van der Waals surface area contributed by atoms with Crippen LogP contribution in [0.25, 0.3) is 5.76 Å². The number of hydrogen-bond acceptors (Lipinski definition) is 5. The fourth-order valence-electron chi connectivity index (χ4n) is 4.45. The second kappa shape index (κ2) is 9.89. The molecule has 2 aromatic rings. The number of ether oxygens (including phenoxy) is 2. The van der Waals surface area contributed by atoms with Crippen molar-refractivity contribution in [2.45, 2.75) is 32.2 Å². The Labute approximate surface area is 200 Å². The zero-order chi connectivity index (χ0) is 24.4. The summed E-state index contributed by atoms with van der Waals surface area (Å²) in [6.45, 7) is 6.31. The van der Waals surface area contributed by atoms with Gasteiger partial charge < -0.3 is 24.4 Å². The van der Waals surface area contributed by atoms with Crippen LogP contribution >= 0.6 is 0 Å². The van der Waals surface area contributed by atoms with Crippen LogP contribution in [0.5, 0.6) is 11.5 Å². The highest BCUT2D eigenvalue weighted by Gasteiger charge is 2.44. The number of ketones is 1. The first kappa shape index (κ1) is 23.8. The van der Waals surface area contributed by atoms with Crippen molar-refractivity contribution in [1.82, 2.24) is 4.90 Å². The predicted octanol–water partition coefficient (Wildman–Crippen LogP) is 1.34. The molecule has 1 amide bonds. The molecule has 2 aromatic carbocycles. The predicted molar refractivity (Wildman–Crippen MR) is 127 cm³/mol. The van der Waals surface area contributed by atoms with Gasteiger partial charge in [-0.05, 0) is 34.7 Å². The zero-order valence-electron chi connectivity index (χ0n) is 20.2. The van der Waals surface area contributed by atoms with Gasteiger partial charge in [0.25, 0.3) is 5.91 Å². The second-order valence-corrected chi connectivity index (χ2v) is 9.46. The van der Waals surface area contributed by atoms with E-state index in [0.717, 1.165) is 24.1 Å². The number of amides is 1. The van der Waals surface area contributed by atoms with E-state index in [9.17, 15) is 14.7 Å². The van der Waals surface area contributed by atoms with Crippen LogP contribution in [-0.2, 0) is 9.59 Å². The van der Waals surface area contributed by atoms with Crippen molar-refractivity contribution < 1.29 is 29.1 Å². The molecule has 0 saturated carbocycles. The van der Waals surface area contributed by atoms with Gasteiger partial charge in [-0.3, -0.25) is 9.59 Å². The topological polar surface area (TPSA) is 83.3 Å². The summed E-state index contributed by atoms with van der Waals surface area (Å²) in [6.07, 6.45) is 0.730. The molecule has 2 aliphatic heterocycles. The number of hydrogen-bond donors (Lipinski definition) is 1. The number of nitrogens with one attached hydrogen (secondary N) is 1. The van der Waals surface area contributed by atoms with Crippen molar-refractivity contribution >= 4 is 17.4 Å². The summed E-state index contributed by atoms with van der Waals surface area (Å²) in [5, 5.41) is 13.6. The molecule has 1 saturated heterocycles. The van der Waals surface area contributed by atoms with Crippen LogP contribution in [0.15, 0.2) is 48.0 Å². The number of carbonyl (C=O) groups excluding carboxylic acids is 2. The van der Waals surface area contributed by atoms with Gasteiger partial charge >= 0.3 is 0 Å². The third-order valence-electron chi connectivity index (χ3n) is 6.33. The molecule has 0 aromatic heterocycles. The van der Waals surface area contributed by atoms with Gasteiger partial charge in [0.15, 0.2) is 11.5 Å². The first-order valence-corrected chi connectivity index (χ1v) is 11.8. The van der Waals surface area contributed by atoms with Crippen LogP contribution < -0.4 is 19.5 Å². The van der Waals surface area contributed by atoms with E-state index in [-0.39, 0.29) is 5.57 Å². The van der Waals surface area contributed by atoms with E-state index >= 15 is 0 Å². The van der Waals surface area contributed by atoms with Crippen LogP contribution in [0.1, 0.15) is 48.9 Å². The van der Waals surface area contributed by atoms with E-state index in [0.29, 0.717) is 42.7 Å². The molecule has 7 nitrogen and oxygen atoms in total. The molecule has 1 unspecified atom stereocenters. The van der Waals surface area contributed by atoms with E-state index in [4.69, 9.17) is 9.47 Å². The molecule has 180 valence electrons. The van der Waals surface area contributed by atoms with Gasteiger partial charge in [0.2, 0.25) is 5.78 Å². The average molecular weight is 465 g/mol. The maximum absolute atomic E-state index is 13.6. The maximum Gasteiger partial charge on any atom is 0.295 e. The molecule has 34 heavy (non-hydrogen) atoms. The Morgan fingerprint density at radius 1 is 1.06 bits per heavy atom. The fraction of sp³-hybridized carbons (Fsp3) is 0.407. The van der Waals surface area contributed by atoms with Gasteiger partial charge in [0.05, 0.1) is 26.7 Å². The van der Waals surface area contributed by atoms with E-state index in [1.165, 1.54) is 4.90 Å². The van der Waals surface area contributed by atoms with Gasteiger partial charge in [-0.2, -0.15) is 0 Å². The third kappa shape index (κ3) is 4.66. The molecule has 4 rings (SSSR count). The highest BCUT2D eigenvalue weighted by atomic mass is 16.6.